The number of alkyl halides is 3. The van der Waals surface area contributed by atoms with Crippen LogP contribution in [0.1, 0.15) is 49.7 Å². The van der Waals surface area contributed by atoms with Crippen molar-refractivity contribution in [3.8, 4) is 0 Å². The number of nitrogens with one attached hydrogen (secondary N) is 5. The molecule has 3 atom stereocenters. The highest BCUT2D eigenvalue weighted by Gasteiger charge is 2.41. The number of aromatic nitrogens is 1. The van der Waals surface area contributed by atoms with Crippen LogP contribution in [0.2, 0.25) is 0 Å². The molecule has 6 nitrogen and oxygen atoms in total. The molecule has 32 heavy (non-hydrogen) atoms. The third-order valence-electron chi connectivity index (χ3n) is 6.67. The Morgan fingerprint density at radius 2 is 1.94 bits per heavy atom. The molecular weight excluding hydrogens is 417 g/mol. The smallest absolute Gasteiger partial charge is 0.388 e. The third kappa shape index (κ3) is 3.99. The van der Waals surface area contributed by atoms with Crippen LogP contribution in [0.5, 0.6) is 0 Å². The molecule has 9 heteroatoms. The molecule has 172 valence electrons. The van der Waals surface area contributed by atoms with Crippen molar-refractivity contribution in [3.05, 3.63) is 41.2 Å². The zero-order chi connectivity index (χ0) is 22.5. The average molecular weight is 447 g/mol. The van der Waals surface area contributed by atoms with E-state index in [0.717, 1.165) is 60.6 Å². The lowest BCUT2D eigenvalue weighted by Crippen LogP contribution is -2.53. The van der Waals surface area contributed by atoms with Gasteiger partial charge in [-0.2, -0.15) is 13.2 Å². The van der Waals surface area contributed by atoms with Crippen LogP contribution in [-0.4, -0.2) is 48.8 Å². The minimum atomic E-state index is -4.51. The van der Waals surface area contributed by atoms with Crippen molar-refractivity contribution in [2.45, 2.75) is 63.1 Å². The molecule has 5 rings (SSSR count). The van der Waals surface area contributed by atoms with Gasteiger partial charge in [0.1, 0.15) is 0 Å². The van der Waals surface area contributed by atoms with E-state index in [1.165, 1.54) is 0 Å². The molecule has 0 spiro atoms. The van der Waals surface area contributed by atoms with Gasteiger partial charge in [-0.1, -0.05) is 6.07 Å². The summed E-state index contributed by atoms with van der Waals surface area (Å²) in [6, 6.07) is 4.44. The van der Waals surface area contributed by atoms with Crippen LogP contribution in [0, 0.1) is 0 Å². The molecule has 1 aromatic heterocycles. The number of halogens is 3. The monoisotopic (exact) mass is 446 g/mol. The largest absolute Gasteiger partial charge is 0.419 e. The van der Waals surface area contributed by atoms with Gasteiger partial charge in [0.25, 0.3) is 0 Å². The zero-order valence-corrected chi connectivity index (χ0v) is 18.2. The van der Waals surface area contributed by atoms with Crippen molar-refractivity contribution in [2.75, 3.05) is 18.9 Å². The number of rotatable bonds is 5. The highest BCUT2D eigenvalue weighted by molar-refractivity contribution is 6.20. The normalized spacial score (nSPS) is 26.5. The first kappa shape index (κ1) is 21.3. The van der Waals surface area contributed by atoms with E-state index in [0.29, 0.717) is 17.5 Å². The van der Waals surface area contributed by atoms with E-state index in [1.807, 2.05) is 19.2 Å². The lowest BCUT2D eigenvalue weighted by atomic mass is 9.97. The molecule has 3 unspecified atom stereocenters. The summed E-state index contributed by atoms with van der Waals surface area (Å²) < 4.78 is 41.7. The number of allylic oxidation sites excluding steroid dienone is 1. The van der Waals surface area contributed by atoms with E-state index in [-0.39, 0.29) is 11.8 Å². The number of aromatic amines is 1. The molecule has 2 aromatic rings. The number of H-pyrrole nitrogens is 1. The lowest BCUT2D eigenvalue weighted by Gasteiger charge is -2.32. The summed E-state index contributed by atoms with van der Waals surface area (Å²) in [5.41, 5.74) is 2.77. The summed E-state index contributed by atoms with van der Waals surface area (Å²) in [5.74, 6) is 0.441. The fourth-order valence-corrected chi connectivity index (χ4v) is 4.78. The van der Waals surface area contributed by atoms with Gasteiger partial charge in [0.05, 0.1) is 16.8 Å². The Hall–Kier alpha value is -2.52. The molecule has 2 aliphatic heterocycles. The van der Waals surface area contributed by atoms with Gasteiger partial charge in [-0.05, 0) is 44.6 Å². The molecule has 1 aliphatic carbocycles. The topological polar surface area (TPSA) is 76.3 Å². The predicted octanol–water partition coefficient (Wildman–Crippen LogP) is 3.94. The van der Waals surface area contributed by atoms with Crippen LogP contribution >= 0.6 is 0 Å². The summed E-state index contributed by atoms with van der Waals surface area (Å²) >= 11 is 0. The van der Waals surface area contributed by atoms with Crippen LogP contribution < -0.4 is 21.3 Å². The van der Waals surface area contributed by atoms with Crippen molar-refractivity contribution in [1.82, 2.24) is 20.9 Å². The first-order valence-electron chi connectivity index (χ1n) is 11.3. The van der Waals surface area contributed by atoms with Crippen molar-refractivity contribution in [1.29, 1.82) is 0 Å². The molecular formula is C23H29F3N6. The van der Waals surface area contributed by atoms with Gasteiger partial charge in [-0.25, -0.2) is 4.99 Å². The highest BCUT2D eigenvalue weighted by Crippen LogP contribution is 2.47. The SMILES string of the molecule is CNc1ccc2c(C3=NC(NC4CCC(C)NC4)NC=C3C(F)(F)F)c[nH]c2c1C1CC1. The second-order valence-corrected chi connectivity index (χ2v) is 9.03. The highest BCUT2D eigenvalue weighted by atomic mass is 19.4. The Kier molecular flexibility index (Phi) is 5.41. The number of fused-ring (bicyclic) bond motifs is 1. The first-order chi connectivity index (χ1) is 15.3. The van der Waals surface area contributed by atoms with Crippen LogP contribution in [0.15, 0.2) is 35.1 Å². The average Bonchev–Trinajstić information content (AvgIpc) is 3.51. The van der Waals surface area contributed by atoms with Gasteiger partial charge >= 0.3 is 6.18 Å². The van der Waals surface area contributed by atoms with Gasteiger partial charge in [-0.15, -0.1) is 0 Å². The maximum atomic E-state index is 13.9. The Balaban J connectivity index is 1.52. The summed E-state index contributed by atoms with van der Waals surface area (Å²) in [6.45, 7) is 2.90. The molecule has 2 fully saturated rings. The Morgan fingerprint density at radius 3 is 2.59 bits per heavy atom. The fraction of sp³-hybridized carbons (Fsp3) is 0.522. The van der Waals surface area contributed by atoms with Gasteiger partial charge < -0.3 is 20.9 Å². The Morgan fingerprint density at radius 1 is 1.12 bits per heavy atom. The zero-order valence-electron chi connectivity index (χ0n) is 18.2. The van der Waals surface area contributed by atoms with E-state index >= 15 is 0 Å². The van der Waals surface area contributed by atoms with E-state index in [1.54, 1.807) is 6.20 Å². The van der Waals surface area contributed by atoms with Crippen LogP contribution in [0.3, 0.4) is 0 Å². The quantitative estimate of drug-likeness (QED) is 0.482. The maximum Gasteiger partial charge on any atom is 0.419 e. The number of piperidine rings is 1. The minimum Gasteiger partial charge on any atom is -0.388 e. The molecule has 1 saturated carbocycles. The van der Waals surface area contributed by atoms with Gasteiger partial charge in [0.2, 0.25) is 0 Å². The lowest BCUT2D eigenvalue weighted by molar-refractivity contribution is -0.0867. The molecule has 3 heterocycles. The van der Waals surface area contributed by atoms with E-state index in [9.17, 15) is 13.2 Å². The molecule has 3 aliphatic rings. The number of aliphatic imine (C=N–C) groups is 1. The van der Waals surface area contributed by atoms with E-state index in [2.05, 4.69) is 38.2 Å². The van der Waals surface area contributed by atoms with Crippen molar-refractivity contribution >= 4 is 22.3 Å². The van der Waals surface area contributed by atoms with Gasteiger partial charge in [-0.3, -0.25) is 5.32 Å². The molecule has 5 N–H and O–H groups in total. The van der Waals surface area contributed by atoms with Gasteiger partial charge in [0.15, 0.2) is 6.29 Å². The maximum absolute atomic E-state index is 13.9. The predicted molar refractivity (Wildman–Crippen MR) is 121 cm³/mol. The van der Waals surface area contributed by atoms with Crippen molar-refractivity contribution < 1.29 is 13.2 Å². The molecule has 0 amide bonds. The molecule has 1 aromatic carbocycles. The minimum absolute atomic E-state index is 0.0314. The number of anilines is 1. The van der Waals surface area contributed by atoms with Gasteiger partial charge in [0, 0.05) is 60.3 Å². The summed E-state index contributed by atoms with van der Waals surface area (Å²) in [7, 11) is 1.87. The molecule has 1 saturated heterocycles. The third-order valence-corrected chi connectivity index (χ3v) is 6.67. The summed E-state index contributed by atoms with van der Waals surface area (Å²) in [6.07, 6.45) is 1.78. The first-order valence-corrected chi connectivity index (χ1v) is 11.3. The van der Waals surface area contributed by atoms with Crippen molar-refractivity contribution in [2.24, 2.45) is 4.99 Å². The number of hydrogen-bond acceptors (Lipinski definition) is 5. The number of benzene rings is 1. The summed E-state index contributed by atoms with van der Waals surface area (Å²) in [4.78, 5) is 7.77. The molecule has 0 radical (unpaired) electrons. The number of nitrogens with zero attached hydrogens (tertiary/aromatic N) is 1. The molecule has 0 bridgehead atoms. The van der Waals surface area contributed by atoms with E-state index < -0.39 is 18.0 Å². The standard InChI is InChI=1S/C23H29F3N6/c1-12-3-6-14(9-28-12)31-22-30-11-17(23(24,25)26)20(32-22)16-10-29-21-15(16)7-8-18(27-2)19(21)13-4-5-13/h7-8,10-14,22,27-31H,3-6,9H2,1-2H3. The van der Waals surface area contributed by atoms with Crippen LogP contribution in [0.25, 0.3) is 10.9 Å². The van der Waals surface area contributed by atoms with E-state index in [4.69, 9.17) is 0 Å². The fourth-order valence-electron chi connectivity index (χ4n) is 4.78. The van der Waals surface area contributed by atoms with Crippen LogP contribution in [-0.2, 0) is 0 Å². The second-order valence-electron chi connectivity index (χ2n) is 9.03. The number of hydrogen-bond donors (Lipinski definition) is 5. The Labute approximate surface area is 185 Å². The van der Waals surface area contributed by atoms with Crippen LogP contribution in [0.4, 0.5) is 18.9 Å². The van der Waals surface area contributed by atoms with Crippen molar-refractivity contribution in [3.63, 3.8) is 0 Å². The summed E-state index contributed by atoms with van der Waals surface area (Å²) in [5, 5.41) is 13.6. The second kappa shape index (κ2) is 8.12. The Bertz CT molecular complexity index is 1060.